The third kappa shape index (κ3) is 3.64. The van der Waals surface area contributed by atoms with Crippen molar-refractivity contribution in [3.05, 3.63) is 82.4 Å². The molecule has 146 valence electrons. The van der Waals surface area contributed by atoms with Gasteiger partial charge in [-0.15, -0.1) is 11.3 Å². The highest BCUT2D eigenvalue weighted by atomic mass is 32.1. The lowest BCUT2D eigenvalue weighted by molar-refractivity contribution is -0.120. The average molecular weight is 408 g/mol. The van der Waals surface area contributed by atoms with Gasteiger partial charge in [0, 0.05) is 16.6 Å². The number of benzene rings is 2. The van der Waals surface area contributed by atoms with Gasteiger partial charge in [-0.05, 0) is 48.7 Å². The SMILES string of the molecule is CCOc1cccc(N2C(=O)C(Nc3cccc(F)c3)=C(c3cccs3)C2=O)c1. The number of hydrogen-bond donors (Lipinski definition) is 1. The first kappa shape index (κ1) is 18.9. The fraction of sp³-hybridized carbons (Fsp3) is 0.0909. The second-order valence-electron chi connectivity index (χ2n) is 6.24. The summed E-state index contributed by atoms with van der Waals surface area (Å²) < 4.78 is 19.1. The Hall–Kier alpha value is -3.45. The lowest BCUT2D eigenvalue weighted by atomic mass is 10.2. The van der Waals surface area contributed by atoms with Gasteiger partial charge in [-0.3, -0.25) is 9.59 Å². The predicted molar refractivity (Wildman–Crippen MR) is 111 cm³/mol. The molecule has 0 radical (unpaired) electrons. The van der Waals surface area contributed by atoms with Gasteiger partial charge in [-0.25, -0.2) is 9.29 Å². The molecule has 0 saturated carbocycles. The molecule has 0 bridgehead atoms. The number of carbonyl (C=O) groups excluding carboxylic acids is 2. The number of nitrogens with one attached hydrogen (secondary N) is 1. The summed E-state index contributed by atoms with van der Waals surface area (Å²) in [4.78, 5) is 28.3. The Morgan fingerprint density at radius 3 is 2.59 bits per heavy atom. The number of ether oxygens (including phenoxy) is 1. The maximum absolute atomic E-state index is 13.6. The van der Waals surface area contributed by atoms with Gasteiger partial charge in [0.1, 0.15) is 17.3 Å². The molecular formula is C22H17FN2O3S. The van der Waals surface area contributed by atoms with Crippen LogP contribution >= 0.6 is 11.3 Å². The third-order valence-electron chi connectivity index (χ3n) is 4.33. The summed E-state index contributed by atoms with van der Waals surface area (Å²) >= 11 is 1.36. The highest BCUT2D eigenvalue weighted by Crippen LogP contribution is 2.36. The van der Waals surface area contributed by atoms with E-state index in [9.17, 15) is 14.0 Å². The summed E-state index contributed by atoms with van der Waals surface area (Å²) in [6, 6.07) is 16.2. The molecule has 3 aromatic rings. The van der Waals surface area contributed by atoms with Crippen LogP contribution in [0.2, 0.25) is 0 Å². The van der Waals surface area contributed by atoms with E-state index in [0.717, 1.165) is 4.90 Å². The molecule has 5 nitrogen and oxygen atoms in total. The van der Waals surface area contributed by atoms with Gasteiger partial charge in [0.15, 0.2) is 0 Å². The van der Waals surface area contributed by atoms with Crippen molar-refractivity contribution in [2.75, 3.05) is 16.8 Å². The van der Waals surface area contributed by atoms with Crippen molar-refractivity contribution in [1.82, 2.24) is 0 Å². The van der Waals surface area contributed by atoms with Gasteiger partial charge in [-0.1, -0.05) is 18.2 Å². The Kier molecular flexibility index (Phi) is 5.14. The number of imide groups is 1. The van der Waals surface area contributed by atoms with Crippen LogP contribution < -0.4 is 15.0 Å². The number of nitrogens with zero attached hydrogens (tertiary/aromatic N) is 1. The van der Waals surface area contributed by atoms with E-state index >= 15 is 0 Å². The van der Waals surface area contributed by atoms with Gasteiger partial charge < -0.3 is 10.1 Å². The Labute approximate surface area is 171 Å². The summed E-state index contributed by atoms with van der Waals surface area (Å²) in [5.41, 5.74) is 1.18. The van der Waals surface area contributed by atoms with E-state index < -0.39 is 17.6 Å². The Morgan fingerprint density at radius 1 is 1.03 bits per heavy atom. The van der Waals surface area contributed by atoms with Crippen molar-refractivity contribution < 1.29 is 18.7 Å². The molecule has 1 aromatic heterocycles. The van der Waals surface area contributed by atoms with Gasteiger partial charge in [0.25, 0.3) is 11.8 Å². The van der Waals surface area contributed by atoms with E-state index in [-0.39, 0.29) is 11.3 Å². The van der Waals surface area contributed by atoms with Crippen molar-refractivity contribution >= 4 is 40.1 Å². The molecule has 1 N–H and O–H groups in total. The normalized spacial score (nSPS) is 13.9. The molecule has 0 aliphatic carbocycles. The van der Waals surface area contributed by atoms with E-state index in [1.165, 1.54) is 29.5 Å². The molecule has 1 aliphatic rings. The molecule has 0 unspecified atom stereocenters. The molecule has 0 saturated heterocycles. The Bertz CT molecular complexity index is 1110. The van der Waals surface area contributed by atoms with E-state index in [2.05, 4.69) is 5.32 Å². The standard InChI is InChI=1S/C22H17FN2O3S/c1-2-28-17-9-4-8-16(13-17)25-21(26)19(18-10-5-11-29-18)20(22(25)27)24-15-7-3-6-14(23)12-15/h3-13,24H,2H2,1H3. The number of rotatable bonds is 6. The number of amides is 2. The molecule has 2 amide bonds. The molecule has 7 heteroatoms. The first-order chi connectivity index (χ1) is 14.1. The summed E-state index contributed by atoms with van der Waals surface area (Å²) in [5.74, 6) is -0.817. The third-order valence-corrected chi connectivity index (χ3v) is 5.22. The molecule has 4 rings (SSSR count). The molecule has 0 spiro atoms. The quantitative estimate of drug-likeness (QED) is 0.602. The molecule has 29 heavy (non-hydrogen) atoms. The first-order valence-corrected chi connectivity index (χ1v) is 9.89. The maximum Gasteiger partial charge on any atom is 0.282 e. The topological polar surface area (TPSA) is 58.6 Å². The van der Waals surface area contributed by atoms with E-state index in [0.29, 0.717) is 28.6 Å². The fourth-order valence-electron chi connectivity index (χ4n) is 3.12. The van der Waals surface area contributed by atoms with Crippen molar-refractivity contribution in [1.29, 1.82) is 0 Å². The first-order valence-electron chi connectivity index (χ1n) is 9.01. The van der Waals surface area contributed by atoms with Crippen LogP contribution in [0.3, 0.4) is 0 Å². The monoisotopic (exact) mass is 408 g/mol. The number of carbonyl (C=O) groups is 2. The minimum Gasteiger partial charge on any atom is -0.494 e. The summed E-state index contributed by atoms with van der Waals surface area (Å²) in [7, 11) is 0. The molecule has 1 aliphatic heterocycles. The molecule has 2 heterocycles. The van der Waals surface area contributed by atoms with Crippen LogP contribution in [0.25, 0.3) is 5.57 Å². The van der Waals surface area contributed by atoms with Gasteiger partial charge in [0.05, 0.1) is 17.9 Å². The van der Waals surface area contributed by atoms with E-state index in [1.807, 2.05) is 18.4 Å². The van der Waals surface area contributed by atoms with Gasteiger partial charge in [-0.2, -0.15) is 0 Å². The van der Waals surface area contributed by atoms with Crippen LogP contribution in [-0.4, -0.2) is 18.4 Å². The van der Waals surface area contributed by atoms with E-state index in [1.54, 1.807) is 36.4 Å². The van der Waals surface area contributed by atoms with Gasteiger partial charge >= 0.3 is 0 Å². The lowest BCUT2D eigenvalue weighted by Gasteiger charge is -2.16. The van der Waals surface area contributed by atoms with Crippen LogP contribution in [0.15, 0.2) is 71.7 Å². The van der Waals surface area contributed by atoms with Crippen molar-refractivity contribution in [2.45, 2.75) is 6.92 Å². The minimum atomic E-state index is -0.503. The second kappa shape index (κ2) is 7.89. The Morgan fingerprint density at radius 2 is 1.86 bits per heavy atom. The molecular weight excluding hydrogens is 391 g/mol. The fourth-order valence-corrected chi connectivity index (χ4v) is 3.89. The van der Waals surface area contributed by atoms with Crippen LogP contribution in [0, 0.1) is 5.82 Å². The van der Waals surface area contributed by atoms with Crippen molar-refractivity contribution in [3.63, 3.8) is 0 Å². The zero-order valence-corrected chi connectivity index (χ0v) is 16.3. The smallest absolute Gasteiger partial charge is 0.282 e. The van der Waals surface area contributed by atoms with Gasteiger partial charge in [0.2, 0.25) is 0 Å². The molecule has 0 atom stereocenters. The molecule has 0 fully saturated rings. The Balaban J connectivity index is 1.77. The second-order valence-corrected chi connectivity index (χ2v) is 7.19. The lowest BCUT2D eigenvalue weighted by Crippen LogP contribution is -2.32. The van der Waals surface area contributed by atoms with E-state index in [4.69, 9.17) is 4.74 Å². The average Bonchev–Trinajstić information content (AvgIpc) is 3.29. The summed E-state index contributed by atoms with van der Waals surface area (Å²) in [6.45, 7) is 2.33. The largest absolute Gasteiger partial charge is 0.494 e. The zero-order chi connectivity index (χ0) is 20.4. The number of thiophene rings is 1. The van der Waals surface area contributed by atoms with Crippen LogP contribution in [-0.2, 0) is 9.59 Å². The summed E-state index contributed by atoms with van der Waals surface area (Å²) in [6.07, 6.45) is 0. The number of hydrogen-bond acceptors (Lipinski definition) is 5. The number of halogens is 1. The zero-order valence-electron chi connectivity index (χ0n) is 15.5. The highest BCUT2D eigenvalue weighted by molar-refractivity contribution is 7.11. The van der Waals surface area contributed by atoms with Crippen molar-refractivity contribution in [3.8, 4) is 5.75 Å². The predicted octanol–water partition coefficient (Wildman–Crippen LogP) is 4.68. The van der Waals surface area contributed by atoms with Crippen LogP contribution in [0.1, 0.15) is 11.8 Å². The summed E-state index contributed by atoms with van der Waals surface area (Å²) in [5, 5.41) is 4.77. The van der Waals surface area contributed by atoms with Crippen LogP contribution in [0.5, 0.6) is 5.75 Å². The highest BCUT2D eigenvalue weighted by Gasteiger charge is 2.40. The van der Waals surface area contributed by atoms with Crippen LogP contribution in [0.4, 0.5) is 15.8 Å². The van der Waals surface area contributed by atoms with Crippen molar-refractivity contribution in [2.24, 2.45) is 0 Å². The maximum atomic E-state index is 13.6. The minimum absolute atomic E-state index is 0.116. The molecule has 2 aromatic carbocycles. The number of anilines is 2.